The van der Waals surface area contributed by atoms with E-state index in [4.69, 9.17) is 0 Å². The zero-order chi connectivity index (χ0) is 17.9. The molecule has 1 N–H and O–H groups in total. The lowest BCUT2D eigenvalue weighted by Gasteiger charge is -2.07. The SMILES string of the molecule is Cc1csc(-c2cccc(C(=O)Nc3ccc(-c4nccs4)cc3)c2)n1. The van der Waals surface area contributed by atoms with Crippen molar-refractivity contribution in [1.29, 1.82) is 0 Å². The predicted molar refractivity (Wildman–Crippen MR) is 108 cm³/mol. The summed E-state index contributed by atoms with van der Waals surface area (Å²) in [5.74, 6) is -0.137. The molecular formula is C20H15N3OS2. The van der Waals surface area contributed by atoms with E-state index in [-0.39, 0.29) is 5.91 Å². The molecule has 4 rings (SSSR count). The number of amides is 1. The fourth-order valence-corrected chi connectivity index (χ4v) is 3.98. The zero-order valence-corrected chi connectivity index (χ0v) is 15.6. The van der Waals surface area contributed by atoms with Gasteiger partial charge in [0, 0.05) is 45.0 Å². The Hall–Kier alpha value is -2.83. The van der Waals surface area contributed by atoms with Crippen molar-refractivity contribution in [3.8, 4) is 21.1 Å². The van der Waals surface area contributed by atoms with Crippen LogP contribution in [0, 0.1) is 6.92 Å². The predicted octanol–water partition coefficient (Wildman–Crippen LogP) is 5.49. The van der Waals surface area contributed by atoms with Crippen molar-refractivity contribution >= 4 is 34.3 Å². The molecule has 26 heavy (non-hydrogen) atoms. The van der Waals surface area contributed by atoms with E-state index in [0.29, 0.717) is 5.56 Å². The first-order valence-electron chi connectivity index (χ1n) is 8.03. The standard InChI is InChI=1S/C20H15N3OS2/c1-13-12-26-20(22-13)16-4-2-3-15(11-16)18(24)23-17-7-5-14(6-8-17)19-21-9-10-25-19/h2-12H,1H3,(H,23,24). The van der Waals surface area contributed by atoms with Gasteiger partial charge in [-0.25, -0.2) is 9.97 Å². The molecule has 2 aromatic heterocycles. The van der Waals surface area contributed by atoms with Gasteiger partial charge >= 0.3 is 0 Å². The van der Waals surface area contributed by atoms with Crippen LogP contribution in [0.15, 0.2) is 65.5 Å². The van der Waals surface area contributed by atoms with Gasteiger partial charge in [-0.15, -0.1) is 22.7 Å². The molecule has 2 aromatic carbocycles. The van der Waals surface area contributed by atoms with E-state index in [9.17, 15) is 4.79 Å². The van der Waals surface area contributed by atoms with Gasteiger partial charge in [0.1, 0.15) is 10.0 Å². The maximum atomic E-state index is 12.6. The first kappa shape index (κ1) is 16.6. The molecule has 4 aromatic rings. The second-order valence-electron chi connectivity index (χ2n) is 5.74. The van der Waals surface area contributed by atoms with Crippen molar-refractivity contribution in [3.63, 3.8) is 0 Å². The first-order chi connectivity index (χ1) is 12.7. The third-order valence-corrected chi connectivity index (χ3v) is 5.64. The van der Waals surface area contributed by atoms with Gasteiger partial charge in [-0.1, -0.05) is 12.1 Å². The van der Waals surface area contributed by atoms with E-state index in [1.807, 2.05) is 66.2 Å². The Kier molecular flexibility index (Phi) is 4.60. The molecule has 0 aliphatic carbocycles. The number of carbonyl (C=O) groups excluding carboxylic acids is 1. The van der Waals surface area contributed by atoms with E-state index in [1.54, 1.807) is 28.9 Å². The van der Waals surface area contributed by atoms with Gasteiger partial charge in [-0.2, -0.15) is 0 Å². The highest BCUT2D eigenvalue weighted by Crippen LogP contribution is 2.25. The molecule has 0 saturated carbocycles. The number of nitrogens with one attached hydrogen (secondary N) is 1. The Labute approximate surface area is 159 Å². The minimum absolute atomic E-state index is 0.137. The third-order valence-electron chi connectivity index (χ3n) is 3.81. The van der Waals surface area contributed by atoms with Crippen LogP contribution in [0.3, 0.4) is 0 Å². The Morgan fingerprint density at radius 2 is 1.85 bits per heavy atom. The fourth-order valence-electron chi connectivity index (χ4n) is 2.55. The van der Waals surface area contributed by atoms with Crippen molar-refractivity contribution in [2.45, 2.75) is 6.92 Å². The fraction of sp³-hybridized carbons (Fsp3) is 0.0500. The number of carbonyl (C=O) groups is 1. The second kappa shape index (κ2) is 7.19. The molecule has 4 nitrogen and oxygen atoms in total. The van der Waals surface area contributed by atoms with Gasteiger partial charge in [0.15, 0.2) is 0 Å². The monoisotopic (exact) mass is 377 g/mol. The second-order valence-corrected chi connectivity index (χ2v) is 7.50. The molecule has 0 atom stereocenters. The van der Waals surface area contributed by atoms with Gasteiger partial charge in [0.05, 0.1) is 0 Å². The quantitative estimate of drug-likeness (QED) is 0.511. The Morgan fingerprint density at radius 1 is 1.00 bits per heavy atom. The average molecular weight is 377 g/mol. The summed E-state index contributed by atoms with van der Waals surface area (Å²) in [5, 5.41) is 8.78. The summed E-state index contributed by atoms with van der Waals surface area (Å²) in [5.41, 5.74) is 4.35. The third kappa shape index (κ3) is 3.56. The summed E-state index contributed by atoms with van der Waals surface area (Å²) in [6.45, 7) is 1.96. The van der Waals surface area contributed by atoms with Crippen LogP contribution in [-0.4, -0.2) is 15.9 Å². The maximum Gasteiger partial charge on any atom is 0.255 e. The minimum Gasteiger partial charge on any atom is -0.322 e. The lowest BCUT2D eigenvalue weighted by molar-refractivity contribution is 0.102. The highest BCUT2D eigenvalue weighted by Gasteiger charge is 2.10. The molecule has 0 aliphatic heterocycles. The molecule has 128 valence electrons. The number of aryl methyl sites for hydroxylation is 1. The lowest BCUT2D eigenvalue weighted by atomic mass is 10.1. The number of rotatable bonds is 4. The van der Waals surface area contributed by atoms with E-state index in [1.165, 1.54) is 0 Å². The molecule has 0 radical (unpaired) electrons. The van der Waals surface area contributed by atoms with Crippen molar-refractivity contribution in [1.82, 2.24) is 9.97 Å². The molecular weight excluding hydrogens is 362 g/mol. The number of aromatic nitrogens is 2. The lowest BCUT2D eigenvalue weighted by Crippen LogP contribution is -2.11. The number of benzene rings is 2. The van der Waals surface area contributed by atoms with Crippen LogP contribution < -0.4 is 5.32 Å². The minimum atomic E-state index is -0.137. The van der Waals surface area contributed by atoms with Gasteiger partial charge in [-0.3, -0.25) is 4.79 Å². The Balaban J connectivity index is 1.51. The summed E-state index contributed by atoms with van der Waals surface area (Å²) in [6.07, 6.45) is 1.78. The van der Waals surface area contributed by atoms with E-state index < -0.39 is 0 Å². The van der Waals surface area contributed by atoms with Crippen molar-refractivity contribution in [2.24, 2.45) is 0 Å². The number of thiazole rings is 2. The van der Waals surface area contributed by atoms with Gasteiger partial charge in [-0.05, 0) is 43.3 Å². The summed E-state index contributed by atoms with van der Waals surface area (Å²) in [4.78, 5) is 21.4. The van der Waals surface area contributed by atoms with Crippen LogP contribution in [-0.2, 0) is 0 Å². The van der Waals surface area contributed by atoms with Crippen LogP contribution >= 0.6 is 22.7 Å². The van der Waals surface area contributed by atoms with E-state index in [0.717, 1.165) is 32.5 Å². The van der Waals surface area contributed by atoms with Crippen LogP contribution in [0.4, 0.5) is 5.69 Å². The van der Waals surface area contributed by atoms with Crippen molar-refractivity contribution in [2.75, 3.05) is 5.32 Å². The highest BCUT2D eigenvalue weighted by atomic mass is 32.1. The van der Waals surface area contributed by atoms with Crippen molar-refractivity contribution < 1.29 is 4.79 Å². The zero-order valence-electron chi connectivity index (χ0n) is 14.0. The summed E-state index contributed by atoms with van der Waals surface area (Å²) < 4.78 is 0. The largest absolute Gasteiger partial charge is 0.322 e. The van der Waals surface area contributed by atoms with Gasteiger partial charge < -0.3 is 5.32 Å². The Bertz CT molecular complexity index is 1040. The van der Waals surface area contributed by atoms with Gasteiger partial charge in [0.2, 0.25) is 0 Å². The topological polar surface area (TPSA) is 54.9 Å². The molecule has 0 bridgehead atoms. The number of hydrogen-bond donors (Lipinski definition) is 1. The summed E-state index contributed by atoms with van der Waals surface area (Å²) in [6, 6.07) is 15.2. The van der Waals surface area contributed by atoms with Crippen molar-refractivity contribution in [3.05, 3.63) is 76.7 Å². The molecule has 0 fully saturated rings. The molecule has 0 unspecified atom stereocenters. The average Bonchev–Trinajstić information content (AvgIpc) is 3.34. The van der Waals surface area contributed by atoms with Gasteiger partial charge in [0.25, 0.3) is 5.91 Å². The molecule has 6 heteroatoms. The smallest absolute Gasteiger partial charge is 0.255 e. The molecule has 0 spiro atoms. The highest BCUT2D eigenvalue weighted by molar-refractivity contribution is 7.13. The van der Waals surface area contributed by atoms with Crippen LogP contribution in [0.25, 0.3) is 21.1 Å². The summed E-state index contributed by atoms with van der Waals surface area (Å²) in [7, 11) is 0. The Morgan fingerprint density at radius 3 is 2.54 bits per heavy atom. The number of hydrogen-bond acceptors (Lipinski definition) is 5. The number of anilines is 1. The van der Waals surface area contributed by atoms with E-state index >= 15 is 0 Å². The van der Waals surface area contributed by atoms with Crippen LogP contribution in [0.5, 0.6) is 0 Å². The molecule has 0 saturated heterocycles. The number of nitrogens with zero attached hydrogens (tertiary/aromatic N) is 2. The molecule has 1 amide bonds. The molecule has 0 aliphatic rings. The van der Waals surface area contributed by atoms with Crippen LogP contribution in [0.1, 0.15) is 16.1 Å². The van der Waals surface area contributed by atoms with Crippen LogP contribution in [0.2, 0.25) is 0 Å². The molecule has 2 heterocycles. The normalized spacial score (nSPS) is 10.7. The summed E-state index contributed by atoms with van der Waals surface area (Å²) >= 11 is 3.17. The van der Waals surface area contributed by atoms with E-state index in [2.05, 4.69) is 15.3 Å². The first-order valence-corrected chi connectivity index (χ1v) is 9.79. The maximum absolute atomic E-state index is 12.6.